The Bertz CT molecular complexity index is 179. The van der Waals surface area contributed by atoms with Gasteiger partial charge in [-0.15, -0.1) is 11.8 Å². The van der Waals surface area contributed by atoms with E-state index in [2.05, 4.69) is 0 Å². The highest BCUT2D eigenvalue weighted by molar-refractivity contribution is 7.99. The predicted molar refractivity (Wildman–Crippen MR) is 69.5 cm³/mol. The molecular weight excluding hydrogens is 228 g/mol. The summed E-state index contributed by atoms with van der Waals surface area (Å²) in [6, 6.07) is 0. The minimum Gasteiger partial charge on any atom is -0.487 e. The van der Waals surface area contributed by atoms with Crippen molar-refractivity contribution in [2.75, 3.05) is 19.0 Å². The minimum absolute atomic E-state index is 0.428. The maximum Gasteiger partial charge on any atom is 0.159 e. The highest BCUT2D eigenvalue weighted by atomic mass is 32.2. The first kappa shape index (κ1) is 13.3. The zero-order valence-corrected chi connectivity index (χ0v) is 11.0. The third kappa shape index (κ3) is 6.38. The van der Waals surface area contributed by atoms with Crippen LogP contribution in [0.1, 0.15) is 39.0 Å². The molecule has 1 aliphatic rings. The van der Waals surface area contributed by atoms with Crippen LogP contribution in [0.2, 0.25) is 0 Å². The molecule has 2 nitrogen and oxygen atoms in total. The van der Waals surface area contributed by atoms with Gasteiger partial charge in [0.05, 0.1) is 6.61 Å². The van der Waals surface area contributed by atoms with Crippen molar-refractivity contribution in [3.8, 4) is 0 Å². The Labute approximate surface area is 102 Å². The molecule has 0 aromatic heterocycles. The molecule has 1 heterocycles. The van der Waals surface area contributed by atoms with Crippen LogP contribution >= 0.6 is 24.0 Å². The number of rotatable bonds is 6. The van der Waals surface area contributed by atoms with Gasteiger partial charge in [0.1, 0.15) is 5.44 Å². The van der Waals surface area contributed by atoms with E-state index in [4.69, 9.17) is 21.7 Å². The first-order valence-electron chi connectivity index (χ1n) is 5.71. The normalized spacial score (nSPS) is 21.3. The van der Waals surface area contributed by atoms with E-state index < -0.39 is 0 Å². The van der Waals surface area contributed by atoms with Crippen LogP contribution < -0.4 is 0 Å². The fraction of sp³-hybridized carbons (Fsp3) is 0.909. The van der Waals surface area contributed by atoms with Gasteiger partial charge < -0.3 is 9.47 Å². The van der Waals surface area contributed by atoms with E-state index in [1.54, 1.807) is 0 Å². The molecular formula is C11H20O2S2. The molecule has 1 saturated heterocycles. The van der Waals surface area contributed by atoms with Gasteiger partial charge in [0.15, 0.2) is 5.05 Å². The number of hydrogen-bond acceptors (Lipinski definition) is 4. The standard InChI is InChI=1S/C11H20O2S2/c1-2-10(14)12-8-5-9-15-11-6-3-4-7-13-11/h11H,2-9H2,1H3. The Hall–Kier alpha value is 0.200. The molecule has 1 unspecified atom stereocenters. The maximum atomic E-state index is 5.62. The van der Waals surface area contributed by atoms with Gasteiger partial charge >= 0.3 is 0 Å². The molecule has 1 fully saturated rings. The van der Waals surface area contributed by atoms with Gasteiger partial charge in [0.25, 0.3) is 0 Å². The number of thiocarbonyl (C=S) groups is 1. The third-order valence-electron chi connectivity index (χ3n) is 2.28. The van der Waals surface area contributed by atoms with E-state index in [-0.39, 0.29) is 0 Å². The molecule has 0 N–H and O–H groups in total. The Kier molecular flexibility index (Phi) is 7.40. The molecule has 0 aromatic rings. The van der Waals surface area contributed by atoms with Crippen molar-refractivity contribution in [2.24, 2.45) is 0 Å². The van der Waals surface area contributed by atoms with Crippen LogP contribution in [0.4, 0.5) is 0 Å². The summed E-state index contributed by atoms with van der Waals surface area (Å²) in [7, 11) is 0. The van der Waals surface area contributed by atoms with Crippen molar-refractivity contribution in [1.29, 1.82) is 0 Å². The summed E-state index contributed by atoms with van der Waals surface area (Å²) in [6.07, 6.45) is 5.65. The number of thioether (sulfide) groups is 1. The first-order chi connectivity index (χ1) is 7.33. The molecule has 15 heavy (non-hydrogen) atoms. The van der Waals surface area contributed by atoms with Crippen molar-refractivity contribution in [1.82, 2.24) is 0 Å². The van der Waals surface area contributed by atoms with E-state index in [1.807, 2.05) is 18.7 Å². The number of ether oxygens (including phenoxy) is 2. The highest BCUT2D eigenvalue weighted by Gasteiger charge is 2.13. The SMILES string of the molecule is CCC(=S)OCCCSC1CCCCO1. The van der Waals surface area contributed by atoms with Crippen LogP contribution in [-0.2, 0) is 9.47 Å². The number of hydrogen-bond donors (Lipinski definition) is 0. The lowest BCUT2D eigenvalue weighted by molar-refractivity contribution is 0.0728. The smallest absolute Gasteiger partial charge is 0.159 e. The first-order valence-corrected chi connectivity index (χ1v) is 7.17. The molecule has 0 spiro atoms. The summed E-state index contributed by atoms with van der Waals surface area (Å²) < 4.78 is 11.0. The Morgan fingerprint density at radius 1 is 1.53 bits per heavy atom. The van der Waals surface area contributed by atoms with Crippen LogP contribution in [0.25, 0.3) is 0 Å². The molecule has 88 valence electrons. The Morgan fingerprint density at radius 2 is 2.40 bits per heavy atom. The van der Waals surface area contributed by atoms with E-state index in [9.17, 15) is 0 Å². The summed E-state index contributed by atoms with van der Waals surface area (Å²) in [6.45, 7) is 3.72. The molecule has 0 aromatic carbocycles. The monoisotopic (exact) mass is 248 g/mol. The fourth-order valence-electron chi connectivity index (χ4n) is 1.40. The molecule has 0 saturated carbocycles. The molecule has 0 aliphatic carbocycles. The molecule has 4 heteroatoms. The van der Waals surface area contributed by atoms with E-state index in [0.29, 0.717) is 5.44 Å². The lowest BCUT2D eigenvalue weighted by Crippen LogP contribution is -2.16. The zero-order valence-electron chi connectivity index (χ0n) is 9.37. The minimum atomic E-state index is 0.428. The van der Waals surface area contributed by atoms with Crippen molar-refractivity contribution in [3.05, 3.63) is 0 Å². The van der Waals surface area contributed by atoms with Gasteiger partial charge in [-0.05, 0) is 43.7 Å². The summed E-state index contributed by atoms with van der Waals surface area (Å²) in [5.74, 6) is 1.11. The highest BCUT2D eigenvalue weighted by Crippen LogP contribution is 2.23. The average Bonchev–Trinajstić information content (AvgIpc) is 2.29. The van der Waals surface area contributed by atoms with Crippen LogP contribution in [0.3, 0.4) is 0 Å². The van der Waals surface area contributed by atoms with Crippen LogP contribution in [0, 0.1) is 0 Å². The second-order valence-corrected chi connectivity index (χ2v) is 5.32. The van der Waals surface area contributed by atoms with Crippen molar-refractivity contribution in [2.45, 2.75) is 44.5 Å². The molecule has 1 atom stereocenters. The second-order valence-electron chi connectivity index (χ2n) is 3.59. The van der Waals surface area contributed by atoms with Crippen molar-refractivity contribution < 1.29 is 9.47 Å². The van der Waals surface area contributed by atoms with E-state index >= 15 is 0 Å². The van der Waals surface area contributed by atoms with E-state index in [1.165, 1.54) is 19.3 Å². The van der Waals surface area contributed by atoms with Crippen LogP contribution in [0.5, 0.6) is 0 Å². The fourth-order valence-corrected chi connectivity index (χ4v) is 2.56. The Morgan fingerprint density at radius 3 is 3.07 bits per heavy atom. The van der Waals surface area contributed by atoms with Gasteiger partial charge in [0, 0.05) is 13.0 Å². The summed E-state index contributed by atoms with van der Waals surface area (Å²) >= 11 is 6.89. The zero-order chi connectivity index (χ0) is 10.9. The van der Waals surface area contributed by atoms with Gasteiger partial charge in [-0.1, -0.05) is 6.92 Å². The summed E-state index contributed by atoms with van der Waals surface area (Å²) in [5.41, 5.74) is 0.428. The lowest BCUT2D eigenvalue weighted by atomic mass is 10.2. The van der Waals surface area contributed by atoms with Crippen molar-refractivity contribution >= 4 is 29.0 Å². The molecule has 0 radical (unpaired) electrons. The van der Waals surface area contributed by atoms with E-state index in [0.717, 1.165) is 36.9 Å². The molecule has 0 bridgehead atoms. The largest absolute Gasteiger partial charge is 0.487 e. The summed E-state index contributed by atoms with van der Waals surface area (Å²) in [5, 5.41) is 0.730. The van der Waals surface area contributed by atoms with Crippen LogP contribution in [0.15, 0.2) is 0 Å². The van der Waals surface area contributed by atoms with Crippen LogP contribution in [-0.4, -0.2) is 29.5 Å². The van der Waals surface area contributed by atoms with Gasteiger partial charge in [-0.3, -0.25) is 0 Å². The lowest BCUT2D eigenvalue weighted by Gasteiger charge is -2.21. The second kappa shape index (κ2) is 8.36. The third-order valence-corrected chi connectivity index (χ3v) is 3.96. The van der Waals surface area contributed by atoms with Crippen molar-refractivity contribution in [3.63, 3.8) is 0 Å². The molecule has 1 aliphatic heterocycles. The van der Waals surface area contributed by atoms with Gasteiger partial charge in [-0.2, -0.15) is 0 Å². The molecule has 0 amide bonds. The quantitative estimate of drug-likeness (QED) is 0.529. The maximum absolute atomic E-state index is 5.62. The Balaban J connectivity index is 1.89. The topological polar surface area (TPSA) is 18.5 Å². The summed E-state index contributed by atoms with van der Waals surface area (Å²) in [4.78, 5) is 0. The molecule has 1 rings (SSSR count). The van der Waals surface area contributed by atoms with Gasteiger partial charge in [-0.25, -0.2) is 0 Å². The average molecular weight is 248 g/mol. The predicted octanol–water partition coefficient (Wildman–Crippen LogP) is 3.39. The van der Waals surface area contributed by atoms with Gasteiger partial charge in [0.2, 0.25) is 0 Å².